The molecule has 1 saturated heterocycles. The number of rotatable bonds is 3. The van der Waals surface area contributed by atoms with E-state index in [1.54, 1.807) is 0 Å². The van der Waals surface area contributed by atoms with Gasteiger partial charge in [0.25, 0.3) is 0 Å². The van der Waals surface area contributed by atoms with Gasteiger partial charge in [-0.2, -0.15) is 0 Å². The molecule has 1 N–H and O–H groups in total. The topological polar surface area (TPSA) is 49.7 Å². The lowest BCUT2D eigenvalue weighted by molar-refractivity contribution is 0.129. The van der Waals surface area contributed by atoms with E-state index in [0.717, 1.165) is 37.2 Å². The van der Waals surface area contributed by atoms with Crippen molar-refractivity contribution in [2.75, 3.05) is 13.1 Å². The van der Waals surface area contributed by atoms with Gasteiger partial charge in [-0.05, 0) is 24.0 Å². The highest BCUT2D eigenvalue weighted by Gasteiger charge is 2.28. The second kappa shape index (κ2) is 6.25. The maximum Gasteiger partial charge on any atom is 0.139 e. The fraction of sp³-hybridized carbons (Fsp3) is 0.333. The van der Waals surface area contributed by atoms with Crippen molar-refractivity contribution in [2.45, 2.75) is 25.9 Å². The smallest absolute Gasteiger partial charge is 0.139 e. The summed E-state index contributed by atoms with van der Waals surface area (Å²) in [5, 5.41) is 1.17. The zero-order valence-electron chi connectivity index (χ0n) is 15.0. The maximum absolute atomic E-state index is 4.62. The standard InChI is InChI=1S/C21H23N5/c1-15-12-25(13-16-5-3-2-4-6-16)10-8-19(15)26-14-24-18-11-23-21-17(20(18)26)7-9-22-21/h2-7,9,11,14-15,19H,8,10,12-13H2,1H3,(H,22,23)/t15-,19+/m1/s1. The van der Waals surface area contributed by atoms with Crippen LogP contribution in [0.2, 0.25) is 0 Å². The molecule has 3 aromatic heterocycles. The fourth-order valence-electron chi connectivity index (χ4n) is 4.40. The molecule has 132 valence electrons. The van der Waals surface area contributed by atoms with Crippen LogP contribution in [-0.4, -0.2) is 37.5 Å². The van der Waals surface area contributed by atoms with Crippen LogP contribution in [0.15, 0.2) is 55.1 Å². The molecule has 0 aliphatic carbocycles. The number of H-pyrrole nitrogens is 1. The Morgan fingerprint density at radius 2 is 2.04 bits per heavy atom. The number of nitrogens with one attached hydrogen (secondary N) is 1. The van der Waals surface area contributed by atoms with Crippen LogP contribution in [0.25, 0.3) is 22.1 Å². The van der Waals surface area contributed by atoms with Gasteiger partial charge in [0.05, 0.1) is 18.0 Å². The molecule has 0 saturated carbocycles. The average Bonchev–Trinajstić information content (AvgIpc) is 3.29. The van der Waals surface area contributed by atoms with Gasteiger partial charge in [0.2, 0.25) is 0 Å². The Hall–Kier alpha value is -2.66. The van der Waals surface area contributed by atoms with Gasteiger partial charge in [0.1, 0.15) is 11.2 Å². The Kier molecular flexibility index (Phi) is 3.75. The summed E-state index contributed by atoms with van der Waals surface area (Å²) in [5.74, 6) is 0.576. The second-order valence-corrected chi connectivity index (χ2v) is 7.44. The number of nitrogens with zero attached hydrogens (tertiary/aromatic N) is 4. The zero-order valence-corrected chi connectivity index (χ0v) is 15.0. The molecule has 0 bridgehead atoms. The molecule has 1 aliphatic heterocycles. The van der Waals surface area contributed by atoms with Crippen molar-refractivity contribution in [1.82, 2.24) is 24.4 Å². The van der Waals surface area contributed by atoms with Gasteiger partial charge in [-0.3, -0.25) is 4.90 Å². The van der Waals surface area contributed by atoms with E-state index in [9.17, 15) is 0 Å². The first-order chi connectivity index (χ1) is 12.8. The molecular formula is C21H23N5. The van der Waals surface area contributed by atoms with Gasteiger partial charge < -0.3 is 9.55 Å². The summed E-state index contributed by atoms with van der Waals surface area (Å²) in [4.78, 5) is 14.9. The van der Waals surface area contributed by atoms with Crippen LogP contribution >= 0.6 is 0 Å². The average molecular weight is 345 g/mol. The van der Waals surface area contributed by atoms with E-state index >= 15 is 0 Å². The molecule has 4 aromatic rings. The van der Waals surface area contributed by atoms with E-state index in [1.807, 2.05) is 18.7 Å². The fourth-order valence-corrected chi connectivity index (χ4v) is 4.40. The Balaban J connectivity index is 1.42. The molecule has 2 atom stereocenters. The summed E-state index contributed by atoms with van der Waals surface area (Å²) in [5.41, 5.74) is 4.53. The minimum absolute atomic E-state index is 0.479. The monoisotopic (exact) mass is 345 g/mol. The van der Waals surface area contributed by atoms with Crippen molar-refractivity contribution in [1.29, 1.82) is 0 Å². The van der Waals surface area contributed by atoms with Crippen LogP contribution in [0.1, 0.15) is 24.9 Å². The molecule has 5 heteroatoms. The summed E-state index contributed by atoms with van der Waals surface area (Å²) in [6.07, 6.45) is 6.99. The van der Waals surface area contributed by atoms with Crippen LogP contribution in [-0.2, 0) is 6.54 Å². The van der Waals surface area contributed by atoms with Crippen LogP contribution in [0.3, 0.4) is 0 Å². The van der Waals surface area contributed by atoms with Gasteiger partial charge in [-0.15, -0.1) is 0 Å². The Bertz CT molecular complexity index is 1030. The Morgan fingerprint density at radius 1 is 1.15 bits per heavy atom. The number of aromatic amines is 1. The summed E-state index contributed by atoms with van der Waals surface area (Å²) >= 11 is 0. The Morgan fingerprint density at radius 3 is 2.88 bits per heavy atom. The minimum Gasteiger partial charge on any atom is -0.346 e. The summed E-state index contributed by atoms with van der Waals surface area (Å²) in [6, 6.07) is 13.4. The van der Waals surface area contributed by atoms with E-state index < -0.39 is 0 Å². The van der Waals surface area contributed by atoms with Crippen molar-refractivity contribution in [3.05, 3.63) is 60.7 Å². The minimum atomic E-state index is 0.479. The number of aromatic nitrogens is 4. The quantitative estimate of drug-likeness (QED) is 0.611. The number of imidazole rings is 1. The largest absolute Gasteiger partial charge is 0.346 e. The van der Waals surface area contributed by atoms with Gasteiger partial charge >= 0.3 is 0 Å². The zero-order chi connectivity index (χ0) is 17.5. The normalized spacial score (nSPS) is 21.6. The first kappa shape index (κ1) is 15.6. The lowest BCUT2D eigenvalue weighted by Crippen LogP contribution is -2.39. The van der Waals surface area contributed by atoms with Crippen molar-refractivity contribution >= 4 is 22.1 Å². The van der Waals surface area contributed by atoms with Crippen LogP contribution in [0, 0.1) is 5.92 Å². The number of hydrogen-bond donors (Lipinski definition) is 1. The summed E-state index contributed by atoms with van der Waals surface area (Å²) < 4.78 is 2.39. The number of pyridine rings is 1. The molecular weight excluding hydrogens is 322 g/mol. The van der Waals surface area contributed by atoms with Gasteiger partial charge in [-0.1, -0.05) is 37.3 Å². The predicted molar refractivity (Wildman–Crippen MR) is 104 cm³/mol. The molecule has 1 aliphatic rings. The van der Waals surface area contributed by atoms with E-state index in [-0.39, 0.29) is 0 Å². The highest BCUT2D eigenvalue weighted by Crippen LogP contribution is 2.33. The molecule has 0 amide bonds. The molecule has 0 spiro atoms. The number of benzene rings is 1. The lowest BCUT2D eigenvalue weighted by atomic mass is 9.93. The van der Waals surface area contributed by atoms with Crippen molar-refractivity contribution < 1.29 is 0 Å². The van der Waals surface area contributed by atoms with Crippen LogP contribution in [0.5, 0.6) is 0 Å². The molecule has 26 heavy (non-hydrogen) atoms. The van der Waals surface area contributed by atoms with Crippen LogP contribution in [0.4, 0.5) is 0 Å². The maximum atomic E-state index is 4.62. The van der Waals surface area contributed by atoms with Gasteiger partial charge in [0, 0.05) is 37.3 Å². The van der Waals surface area contributed by atoms with E-state index in [1.165, 1.54) is 16.5 Å². The highest BCUT2D eigenvalue weighted by atomic mass is 15.2. The van der Waals surface area contributed by atoms with Crippen LogP contribution < -0.4 is 0 Å². The van der Waals surface area contributed by atoms with Crippen molar-refractivity contribution in [3.8, 4) is 0 Å². The molecule has 0 unspecified atom stereocenters. The number of likely N-dealkylation sites (tertiary alicyclic amines) is 1. The third-order valence-electron chi connectivity index (χ3n) is 5.67. The van der Waals surface area contributed by atoms with E-state index in [4.69, 9.17) is 0 Å². The van der Waals surface area contributed by atoms with Gasteiger partial charge in [0.15, 0.2) is 0 Å². The molecule has 4 heterocycles. The molecule has 1 aromatic carbocycles. The molecule has 0 radical (unpaired) electrons. The van der Waals surface area contributed by atoms with Crippen molar-refractivity contribution in [2.24, 2.45) is 5.92 Å². The highest BCUT2D eigenvalue weighted by molar-refractivity contribution is 6.00. The van der Waals surface area contributed by atoms with Gasteiger partial charge in [-0.25, -0.2) is 9.97 Å². The predicted octanol–water partition coefficient (Wildman–Crippen LogP) is 4.00. The molecule has 5 rings (SSSR count). The molecule has 5 nitrogen and oxygen atoms in total. The number of piperidine rings is 1. The first-order valence-electron chi connectivity index (χ1n) is 9.34. The molecule has 1 fully saturated rings. The number of hydrogen-bond acceptors (Lipinski definition) is 3. The van der Waals surface area contributed by atoms with E-state index in [2.05, 4.69) is 67.7 Å². The summed E-state index contributed by atoms with van der Waals surface area (Å²) in [7, 11) is 0. The Labute approximate surface area is 152 Å². The summed E-state index contributed by atoms with van der Waals surface area (Å²) in [6.45, 7) is 5.63. The second-order valence-electron chi connectivity index (χ2n) is 7.44. The number of fused-ring (bicyclic) bond motifs is 3. The van der Waals surface area contributed by atoms with E-state index in [0.29, 0.717) is 12.0 Å². The SMILES string of the molecule is C[C@@H]1CN(Cc2ccccc2)CC[C@@H]1n1cnc2cnc3[nH]ccc3c21. The first-order valence-corrected chi connectivity index (χ1v) is 9.34. The lowest BCUT2D eigenvalue weighted by Gasteiger charge is -2.37. The van der Waals surface area contributed by atoms with Crippen molar-refractivity contribution in [3.63, 3.8) is 0 Å². The third kappa shape index (κ3) is 2.59. The third-order valence-corrected chi connectivity index (χ3v) is 5.67.